The van der Waals surface area contributed by atoms with Crippen molar-refractivity contribution in [2.75, 3.05) is 32.8 Å². The normalized spacial score (nSPS) is 20.9. The lowest BCUT2D eigenvalue weighted by atomic mass is 9.87. The van der Waals surface area contributed by atoms with Gasteiger partial charge in [0, 0.05) is 38.1 Å². The van der Waals surface area contributed by atoms with Crippen LogP contribution in [-0.4, -0.2) is 66.9 Å². The molecule has 4 rings (SSSR count). The highest BCUT2D eigenvalue weighted by Crippen LogP contribution is 2.39. The first-order chi connectivity index (χ1) is 20.3. The quantitative estimate of drug-likeness (QED) is 0.356. The molecule has 2 heterocycles. The number of nitrogens with zero attached hydrogens (tertiary/aromatic N) is 2. The largest absolute Gasteiger partial charge is 0.450 e. The van der Waals surface area contributed by atoms with Gasteiger partial charge in [0.2, 0.25) is 0 Å². The maximum atomic E-state index is 13.4. The molecule has 43 heavy (non-hydrogen) atoms. The number of rotatable bonds is 6. The fourth-order valence-electron chi connectivity index (χ4n) is 5.54. The molecule has 2 aliphatic heterocycles. The lowest BCUT2D eigenvalue weighted by Gasteiger charge is -2.41. The van der Waals surface area contributed by atoms with Crippen molar-refractivity contribution in [2.45, 2.75) is 69.6 Å². The highest BCUT2D eigenvalue weighted by molar-refractivity contribution is 5.75. The fraction of sp³-hybridized carbons (Fsp3) is 0.533. The molecular formula is C30H35F6N3O4. The van der Waals surface area contributed by atoms with Crippen molar-refractivity contribution >= 4 is 12.1 Å². The summed E-state index contributed by atoms with van der Waals surface area (Å²) in [7, 11) is 0. The zero-order valence-electron chi connectivity index (χ0n) is 23.9. The molecule has 236 valence electrons. The van der Waals surface area contributed by atoms with Gasteiger partial charge in [0.15, 0.2) is 0 Å². The first-order valence-corrected chi connectivity index (χ1v) is 14.2. The van der Waals surface area contributed by atoms with Crippen LogP contribution in [0, 0.1) is 0 Å². The number of alkyl halides is 6. The first-order valence-electron chi connectivity index (χ1n) is 14.2. The molecule has 0 spiro atoms. The van der Waals surface area contributed by atoms with E-state index in [1.807, 2.05) is 30.3 Å². The van der Waals surface area contributed by atoms with Crippen molar-refractivity contribution < 1.29 is 45.4 Å². The molecule has 0 aromatic heterocycles. The molecule has 1 N–H and O–H groups in total. The van der Waals surface area contributed by atoms with E-state index in [1.165, 1.54) is 6.92 Å². The van der Waals surface area contributed by atoms with Crippen LogP contribution in [0.5, 0.6) is 0 Å². The molecule has 2 saturated heterocycles. The number of hydrogen-bond acceptors (Lipinski definition) is 4. The number of nitrogens with one attached hydrogen (secondary N) is 1. The second-order valence-corrected chi connectivity index (χ2v) is 10.8. The van der Waals surface area contributed by atoms with Crippen LogP contribution in [0.3, 0.4) is 0 Å². The van der Waals surface area contributed by atoms with Crippen molar-refractivity contribution in [3.63, 3.8) is 0 Å². The molecule has 2 aromatic rings. The Kier molecular flexibility index (Phi) is 10.1. The number of ether oxygens (including phenoxy) is 2. The number of halogens is 6. The third-order valence-corrected chi connectivity index (χ3v) is 7.87. The summed E-state index contributed by atoms with van der Waals surface area (Å²) in [6.45, 7) is 4.88. The molecule has 0 aliphatic carbocycles. The minimum Gasteiger partial charge on any atom is -0.450 e. The first kappa shape index (κ1) is 32.4. The summed E-state index contributed by atoms with van der Waals surface area (Å²) < 4.78 is 91.8. The number of urea groups is 1. The molecule has 0 bridgehead atoms. The summed E-state index contributed by atoms with van der Waals surface area (Å²) >= 11 is 0. The van der Waals surface area contributed by atoms with Crippen LogP contribution in [0.25, 0.3) is 0 Å². The molecule has 2 aromatic carbocycles. The van der Waals surface area contributed by atoms with Gasteiger partial charge in [0.05, 0.1) is 29.9 Å². The van der Waals surface area contributed by atoms with Gasteiger partial charge in [-0.2, -0.15) is 26.3 Å². The van der Waals surface area contributed by atoms with Gasteiger partial charge in [-0.25, -0.2) is 9.59 Å². The third kappa shape index (κ3) is 8.33. The summed E-state index contributed by atoms with van der Waals surface area (Å²) in [4.78, 5) is 28.4. The number of likely N-dealkylation sites (tertiary alicyclic amines) is 2. The number of carbonyl (C=O) groups excluding carboxylic acids is 2. The number of carbonyl (C=O) groups is 2. The Hall–Kier alpha value is -3.48. The highest BCUT2D eigenvalue weighted by atomic mass is 19.4. The smallest absolute Gasteiger partial charge is 0.416 e. The van der Waals surface area contributed by atoms with Crippen LogP contribution in [0.4, 0.5) is 35.9 Å². The van der Waals surface area contributed by atoms with E-state index < -0.39 is 35.7 Å². The van der Waals surface area contributed by atoms with E-state index in [0.29, 0.717) is 44.5 Å². The molecule has 2 aliphatic rings. The Morgan fingerprint density at radius 3 is 2.05 bits per heavy atom. The lowest BCUT2D eigenvalue weighted by Crippen LogP contribution is -2.53. The maximum absolute atomic E-state index is 13.4. The predicted octanol–water partition coefficient (Wildman–Crippen LogP) is 6.99. The average molecular weight is 616 g/mol. The molecule has 3 amide bonds. The van der Waals surface area contributed by atoms with Crippen LogP contribution in [-0.2, 0) is 21.8 Å². The van der Waals surface area contributed by atoms with Gasteiger partial charge in [-0.15, -0.1) is 0 Å². The van der Waals surface area contributed by atoms with Crippen LogP contribution in [0.2, 0.25) is 0 Å². The molecule has 7 nitrogen and oxygen atoms in total. The van der Waals surface area contributed by atoms with Crippen molar-refractivity contribution in [2.24, 2.45) is 0 Å². The summed E-state index contributed by atoms with van der Waals surface area (Å²) in [5, 5.41) is 3.03. The van der Waals surface area contributed by atoms with E-state index in [9.17, 15) is 35.9 Å². The Morgan fingerprint density at radius 2 is 1.49 bits per heavy atom. The molecular weight excluding hydrogens is 580 g/mol. The van der Waals surface area contributed by atoms with Crippen LogP contribution >= 0.6 is 0 Å². The number of benzene rings is 2. The Bertz CT molecular complexity index is 1220. The summed E-state index contributed by atoms with van der Waals surface area (Å²) in [6, 6.07) is 10.2. The lowest BCUT2D eigenvalue weighted by molar-refractivity contribution is -0.143. The maximum Gasteiger partial charge on any atom is 0.416 e. The van der Waals surface area contributed by atoms with Crippen molar-refractivity contribution in [1.82, 2.24) is 15.1 Å². The van der Waals surface area contributed by atoms with Crippen LogP contribution in [0.1, 0.15) is 67.4 Å². The van der Waals surface area contributed by atoms with Gasteiger partial charge in [-0.1, -0.05) is 30.3 Å². The highest BCUT2D eigenvalue weighted by Gasteiger charge is 2.39. The van der Waals surface area contributed by atoms with E-state index in [-0.39, 0.29) is 55.4 Å². The molecule has 0 saturated carbocycles. The van der Waals surface area contributed by atoms with E-state index in [4.69, 9.17) is 9.47 Å². The summed E-state index contributed by atoms with van der Waals surface area (Å²) in [5.41, 5.74) is -2.19. The van der Waals surface area contributed by atoms with Crippen molar-refractivity contribution in [3.05, 3.63) is 70.8 Å². The summed E-state index contributed by atoms with van der Waals surface area (Å²) in [5.74, 6) is -0.373. The van der Waals surface area contributed by atoms with Gasteiger partial charge in [0.25, 0.3) is 0 Å². The second kappa shape index (κ2) is 13.4. The van der Waals surface area contributed by atoms with Gasteiger partial charge in [-0.3, -0.25) is 0 Å². The average Bonchev–Trinajstić information content (AvgIpc) is 2.97. The SMILES string of the molecule is CCOC(=O)N1CCC(NC(=O)N2CC[C@H](O[C@H](C)c3cc(C(F)(F)F)cc(C(F)(F)F)c3)[C@H](c3ccccc3)C2)CC1. The van der Waals surface area contributed by atoms with Crippen LogP contribution < -0.4 is 5.32 Å². The standard InChI is InChI=1S/C30H35F6N3O4/c1-3-42-28(41)38-12-9-24(10-13-38)37-27(40)39-14-11-26(25(18-39)20-7-5-4-6-8-20)43-19(2)21-15-22(29(31,32)33)17-23(16-21)30(34,35)36/h4-8,15-17,19,24-26H,3,9-14,18H2,1-2H3,(H,37,40)/t19-,25+,26+/m1/s1. The Morgan fingerprint density at radius 1 is 0.907 bits per heavy atom. The fourth-order valence-corrected chi connectivity index (χ4v) is 5.54. The molecule has 0 unspecified atom stereocenters. The molecule has 2 fully saturated rings. The van der Waals surface area contributed by atoms with Crippen molar-refractivity contribution in [1.29, 1.82) is 0 Å². The topological polar surface area (TPSA) is 71.1 Å². The zero-order chi connectivity index (χ0) is 31.4. The second-order valence-electron chi connectivity index (χ2n) is 10.8. The van der Waals surface area contributed by atoms with Gasteiger partial charge >= 0.3 is 24.5 Å². The van der Waals surface area contributed by atoms with Gasteiger partial charge in [-0.05, 0) is 62.4 Å². The van der Waals surface area contributed by atoms with Crippen LogP contribution in [0.15, 0.2) is 48.5 Å². The predicted molar refractivity (Wildman–Crippen MR) is 145 cm³/mol. The van der Waals surface area contributed by atoms with E-state index in [1.54, 1.807) is 16.7 Å². The minimum absolute atomic E-state index is 0.0980. The Balaban J connectivity index is 1.46. The monoisotopic (exact) mass is 615 g/mol. The van der Waals surface area contributed by atoms with Gasteiger partial charge < -0.3 is 24.6 Å². The number of hydrogen-bond donors (Lipinski definition) is 1. The van der Waals surface area contributed by atoms with E-state index in [0.717, 1.165) is 5.56 Å². The van der Waals surface area contributed by atoms with Gasteiger partial charge in [0.1, 0.15) is 0 Å². The molecule has 13 heteroatoms. The van der Waals surface area contributed by atoms with E-state index >= 15 is 0 Å². The molecule has 0 radical (unpaired) electrons. The molecule has 3 atom stereocenters. The Labute approximate surface area is 246 Å². The van der Waals surface area contributed by atoms with Crippen molar-refractivity contribution in [3.8, 4) is 0 Å². The van der Waals surface area contributed by atoms with E-state index in [2.05, 4.69) is 5.32 Å². The zero-order valence-corrected chi connectivity index (χ0v) is 23.9. The number of amides is 3. The summed E-state index contributed by atoms with van der Waals surface area (Å²) in [6.07, 6.45) is -10.5. The minimum atomic E-state index is -4.96. The number of piperidine rings is 2. The third-order valence-electron chi connectivity index (χ3n) is 7.87.